The summed E-state index contributed by atoms with van der Waals surface area (Å²) in [7, 11) is 0. The van der Waals surface area contributed by atoms with Gasteiger partial charge in [-0.15, -0.1) is 0 Å². The summed E-state index contributed by atoms with van der Waals surface area (Å²) < 4.78 is 11.1. The summed E-state index contributed by atoms with van der Waals surface area (Å²) in [6.45, 7) is 3.60. The maximum absolute atomic E-state index is 12.4. The maximum atomic E-state index is 12.4. The second kappa shape index (κ2) is 31.9. The number of aliphatic hydroxyl groups excluding tert-OH is 5. The highest BCUT2D eigenvalue weighted by molar-refractivity contribution is 5.76. The normalized spacial score (nSPS) is 22.3. The van der Waals surface area contributed by atoms with Gasteiger partial charge in [0.05, 0.1) is 25.4 Å². The first kappa shape index (κ1) is 46.2. The zero-order valence-electron chi connectivity index (χ0n) is 31.7. The van der Waals surface area contributed by atoms with Crippen LogP contribution in [0.15, 0.2) is 0 Å². The topological polar surface area (TPSA) is 149 Å². The Morgan fingerprint density at radius 2 is 1.02 bits per heavy atom. The number of carbonyl (C=O) groups excluding carboxylic acids is 1. The van der Waals surface area contributed by atoms with E-state index in [1.165, 1.54) is 135 Å². The van der Waals surface area contributed by atoms with Gasteiger partial charge in [-0.2, -0.15) is 0 Å². The summed E-state index contributed by atoms with van der Waals surface area (Å²) in [5.41, 5.74) is 0. The van der Waals surface area contributed by atoms with E-state index in [4.69, 9.17) is 9.47 Å². The lowest BCUT2D eigenvalue weighted by molar-refractivity contribution is -0.302. The van der Waals surface area contributed by atoms with Gasteiger partial charge in [-0.25, -0.2) is 0 Å². The molecular weight excluding hydrogens is 622 g/mol. The summed E-state index contributed by atoms with van der Waals surface area (Å²) in [5.74, 6) is -0.178. The van der Waals surface area contributed by atoms with Gasteiger partial charge in [-0.3, -0.25) is 4.79 Å². The van der Waals surface area contributed by atoms with E-state index in [9.17, 15) is 30.3 Å². The first-order valence-electron chi connectivity index (χ1n) is 20.7. The number of nitrogens with one attached hydrogen (secondary N) is 1. The van der Waals surface area contributed by atoms with E-state index >= 15 is 0 Å². The van der Waals surface area contributed by atoms with Gasteiger partial charge >= 0.3 is 0 Å². The van der Waals surface area contributed by atoms with Crippen LogP contribution in [0.25, 0.3) is 0 Å². The molecule has 1 aliphatic rings. The summed E-state index contributed by atoms with van der Waals surface area (Å²) >= 11 is 0. The lowest BCUT2D eigenvalue weighted by atomic mass is 9.99. The highest BCUT2D eigenvalue weighted by atomic mass is 16.7. The molecule has 1 aliphatic heterocycles. The predicted molar refractivity (Wildman–Crippen MR) is 198 cm³/mol. The van der Waals surface area contributed by atoms with Gasteiger partial charge in [-0.1, -0.05) is 174 Å². The van der Waals surface area contributed by atoms with Crippen molar-refractivity contribution in [1.29, 1.82) is 0 Å². The van der Waals surface area contributed by atoms with Crippen molar-refractivity contribution in [2.75, 3.05) is 13.2 Å². The number of carbonyl (C=O) groups is 1. The Labute approximate surface area is 300 Å². The molecule has 0 aromatic rings. The number of amides is 1. The fourth-order valence-corrected chi connectivity index (χ4v) is 6.79. The zero-order valence-corrected chi connectivity index (χ0v) is 31.7. The quantitative estimate of drug-likeness (QED) is 0.0376. The van der Waals surface area contributed by atoms with Gasteiger partial charge in [0, 0.05) is 6.42 Å². The first-order chi connectivity index (χ1) is 23.8. The number of hydrogen-bond acceptors (Lipinski definition) is 8. The molecule has 1 saturated heterocycles. The minimum absolute atomic E-state index is 0.138. The second-order valence-corrected chi connectivity index (χ2v) is 14.8. The molecule has 0 aromatic heterocycles. The molecule has 292 valence electrons. The number of hydrogen-bond donors (Lipinski definition) is 6. The minimum Gasteiger partial charge on any atom is -0.394 e. The van der Waals surface area contributed by atoms with Crippen LogP contribution in [0.1, 0.15) is 194 Å². The van der Waals surface area contributed by atoms with Crippen molar-refractivity contribution in [3.05, 3.63) is 0 Å². The number of rotatable bonds is 34. The smallest absolute Gasteiger partial charge is 0.220 e. The van der Waals surface area contributed by atoms with E-state index in [-0.39, 0.29) is 12.5 Å². The number of ether oxygens (including phenoxy) is 2. The van der Waals surface area contributed by atoms with Crippen molar-refractivity contribution in [1.82, 2.24) is 5.32 Å². The first-order valence-corrected chi connectivity index (χ1v) is 20.7. The molecule has 0 saturated carbocycles. The molecular formula is C40H79NO8. The Morgan fingerprint density at radius 1 is 0.612 bits per heavy atom. The van der Waals surface area contributed by atoms with Crippen molar-refractivity contribution in [3.63, 3.8) is 0 Å². The predicted octanol–water partition coefficient (Wildman–Crippen LogP) is 7.61. The molecule has 1 fully saturated rings. The highest BCUT2D eigenvalue weighted by Crippen LogP contribution is 2.23. The van der Waals surface area contributed by atoms with Crippen LogP contribution < -0.4 is 5.32 Å². The summed E-state index contributed by atoms with van der Waals surface area (Å²) in [6.07, 6.45) is 26.7. The Morgan fingerprint density at radius 3 is 1.43 bits per heavy atom. The molecule has 0 aliphatic carbocycles. The van der Waals surface area contributed by atoms with Crippen molar-refractivity contribution in [2.45, 2.75) is 236 Å². The van der Waals surface area contributed by atoms with Crippen LogP contribution in [-0.2, 0) is 14.3 Å². The molecule has 0 radical (unpaired) electrons. The Kier molecular flexibility index (Phi) is 30.1. The molecule has 1 amide bonds. The molecule has 0 bridgehead atoms. The molecule has 6 N–H and O–H groups in total. The lowest BCUT2D eigenvalue weighted by Gasteiger charge is -2.40. The van der Waals surface area contributed by atoms with E-state index in [0.29, 0.717) is 12.8 Å². The number of unbranched alkanes of at least 4 members (excludes halogenated alkanes) is 24. The van der Waals surface area contributed by atoms with Crippen molar-refractivity contribution < 1.29 is 39.8 Å². The Balaban J connectivity index is 2.07. The standard InChI is InChI=1S/C40H79NO8/c1-3-5-7-8-9-10-11-12-13-14-15-16-17-18-19-20-21-22-23-24-25-26-27-28-29-34(43)33(41-36(44)30-6-4-2)32-48-40-39(47)38(46)37(45)35(31-42)49-40/h33-35,37-40,42-43,45-47H,3-32H2,1-2H3,(H,41,44). The van der Waals surface area contributed by atoms with Crippen molar-refractivity contribution >= 4 is 5.91 Å². The largest absolute Gasteiger partial charge is 0.394 e. The van der Waals surface area contributed by atoms with E-state index in [2.05, 4.69) is 12.2 Å². The molecule has 9 nitrogen and oxygen atoms in total. The van der Waals surface area contributed by atoms with E-state index in [1.54, 1.807) is 0 Å². The third kappa shape index (κ3) is 23.4. The molecule has 7 unspecified atom stereocenters. The van der Waals surface area contributed by atoms with Gasteiger partial charge < -0.3 is 40.3 Å². The summed E-state index contributed by atoms with van der Waals surface area (Å²) in [5, 5.41) is 53.5. The molecule has 0 aromatic carbocycles. The highest BCUT2D eigenvalue weighted by Gasteiger charge is 2.44. The molecule has 9 heteroatoms. The van der Waals surface area contributed by atoms with Crippen LogP contribution in [0.4, 0.5) is 0 Å². The fraction of sp³-hybridized carbons (Fsp3) is 0.975. The van der Waals surface area contributed by atoms with Crippen LogP contribution in [0.3, 0.4) is 0 Å². The molecule has 49 heavy (non-hydrogen) atoms. The fourth-order valence-electron chi connectivity index (χ4n) is 6.79. The van der Waals surface area contributed by atoms with Crippen LogP contribution in [-0.4, -0.2) is 87.5 Å². The molecule has 0 spiro atoms. The van der Waals surface area contributed by atoms with Crippen LogP contribution in [0, 0.1) is 0 Å². The van der Waals surface area contributed by atoms with Crippen LogP contribution >= 0.6 is 0 Å². The maximum Gasteiger partial charge on any atom is 0.220 e. The van der Waals surface area contributed by atoms with E-state index < -0.39 is 49.5 Å². The van der Waals surface area contributed by atoms with E-state index in [1.807, 2.05) is 6.92 Å². The molecule has 1 rings (SSSR count). The molecule has 7 atom stereocenters. The third-order valence-electron chi connectivity index (χ3n) is 10.2. The van der Waals surface area contributed by atoms with Gasteiger partial charge in [-0.05, 0) is 12.8 Å². The summed E-state index contributed by atoms with van der Waals surface area (Å²) in [4.78, 5) is 12.4. The average molecular weight is 702 g/mol. The molecule has 1 heterocycles. The third-order valence-corrected chi connectivity index (χ3v) is 10.2. The van der Waals surface area contributed by atoms with Gasteiger partial charge in [0.2, 0.25) is 5.91 Å². The van der Waals surface area contributed by atoms with Crippen molar-refractivity contribution in [3.8, 4) is 0 Å². The van der Waals surface area contributed by atoms with E-state index in [0.717, 1.165) is 32.1 Å². The lowest BCUT2D eigenvalue weighted by Crippen LogP contribution is -2.60. The number of aliphatic hydroxyl groups is 5. The Bertz CT molecular complexity index is 741. The SMILES string of the molecule is CCCCCCCCCCCCCCCCCCCCCCCCCCC(O)C(COC1OC(CO)C(O)C(O)C1O)NC(=O)CCCC. The van der Waals surface area contributed by atoms with Crippen LogP contribution in [0.5, 0.6) is 0 Å². The minimum atomic E-state index is -1.54. The van der Waals surface area contributed by atoms with Gasteiger partial charge in [0.1, 0.15) is 24.4 Å². The zero-order chi connectivity index (χ0) is 36.0. The Hall–Kier alpha value is -0.810. The average Bonchev–Trinajstić information content (AvgIpc) is 3.10. The van der Waals surface area contributed by atoms with Gasteiger partial charge in [0.25, 0.3) is 0 Å². The monoisotopic (exact) mass is 702 g/mol. The van der Waals surface area contributed by atoms with Crippen molar-refractivity contribution in [2.24, 2.45) is 0 Å². The van der Waals surface area contributed by atoms with Gasteiger partial charge in [0.15, 0.2) is 6.29 Å². The van der Waals surface area contributed by atoms with Crippen LogP contribution in [0.2, 0.25) is 0 Å². The second-order valence-electron chi connectivity index (χ2n) is 14.8. The summed E-state index contributed by atoms with van der Waals surface area (Å²) in [6, 6.07) is -0.707.